The summed E-state index contributed by atoms with van der Waals surface area (Å²) in [7, 11) is -2.18. The Labute approximate surface area is 119 Å². The van der Waals surface area contributed by atoms with Gasteiger partial charge in [-0.1, -0.05) is 0 Å². The lowest BCUT2D eigenvalue weighted by atomic mass is 9.98. The molecule has 0 amide bonds. The number of nitrogens with two attached hydrogens (primary N) is 1. The zero-order valence-electron chi connectivity index (χ0n) is 11.5. The van der Waals surface area contributed by atoms with Crippen molar-refractivity contribution in [3.8, 4) is 0 Å². The van der Waals surface area contributed by atoms with Gasteiger partial charge in [-0.15, -0.1) is 0 Å². The van der Waals surface area contributed by atoms with Crippen LogP contribution in [0.4, 0.5) is 11.4 Å². The van der Waals surface area contributed by atoms with E-state index in [9.17, 15) is 13.5 Å². The van der Waals surface area contributed by atoms with E-state index in [2.05, 4.69) is 4.72 Å². The van der Waals surface area contributed by atoms with Crippen LogP contribution in [0.3, 0.4) is 0 Å². The first-order chi connectivity index (χ1) is 9.47. The van der Waals surface area contributed by atoms with Crippen LogP contribution in [0.25, 0.3) is 0 Å². The predicted octanol–water partition coefficient (Wildman–Crippen LogP) is 0.386. The van der Waals surface area contributed by atoms with Gasteiger partial charge in [0.2, 0.25) is 10.0 Å². The fourth-order valence-corrected chi connectivity index (χ4v) is 3.53. The van der Waals surface area contributed by atoms with E-state index in [1.165, 1.54) is 13.1 Å². The number of anilines is 2. The zero-order chi connectivity index (χ0) is 14.8. The molecule has 0 saturated carbocycles. The van der Waals surface area contributed by atoms with Crippen LogP contribution in [0.5, 0.6) is 0 Å². The highest BCUT2D eigenvalue weighted by Crippen LogP contribution is 2.30. The first-order valence-electron chi connectivity index (χ1n) is 6.67. The molecular weight excluding hydrogens is 278 g/mol. The second kappa shape index (κ2) is 5.99. The topological polar surface area (TPSA) is 95.7 Å². The van der Waals surface area contributed by atoms with Gasteiger partial charge in [0.05, 0.1) is 5.69 Å². The average Bonchev–Trinajstić information content (AvgIpc) is 2.47. The van der Waals surface area contributed by atoms with E-state index in [4.69, 9.17) is 5.73 Å². The zero-order valence-corrected chi connectivity index (χ0v) is 12.4. The minimum absolute atomic E-state index is 0.125. The van der Waals surface area contributed by atoms with Crippen LogP contribution in [0.15, 0.2) is 23.1 Å². The molecule has 0 spiro atoms. The van der Waals surface area contributed by atoms with Crippen molar-refractivity contribution >= 4 is 21.4 Å². The number of nitrogens with zero attached hydrogens (tertiary/aromatic N) is 1. The number of rotatable bonds is 4. The molecule has 0 bridgehead atoms. The third-order valence-corrected chi connectivity index (χ3v) is 5.10. The van der Waals surface area contributed by atoms with Gasteiger partial charge >= 0.3 is 0 Å². The largest absolute Gasteiger partial charge is 0.399 e. The van der Waals surface area contributed by atoms with Crippen LogP contribution in [0.1, 0.15) is 12.8 Å². The maximum atomic E-state index is 12.1. The van der Waals surface area contributed by atoms with E-state index in [0.717, 1.165) is 19.4 Å². The van der Waals surface area contributed by atoms with Crippen LogP contribution in [-0.4, -0.2) is 40.3 Å². The Kier molecular flexibility index (Phi) is 4.52. The Balaban J connectivity index is 2.41. The summed E-state index contributed by atoms with van der Waals surface area (Å²) in [6.07, 6.45) is 1.91. The highest BCUT2D eigenvalue weighted by Gasteiger charge is 2.25. The lowest BCUT2D eigenvalue weighted by molar-refractivity contribution is 0.208. The van der Waals surface area contributed by atoms with E-state index in [-0.39, 0.29) is 17.4 Å². The SMILES string of the molecule is CNS(=O)(=O)c1cc(N)ccc1N1CCCC(CO)C1. The summed E-state index contributed by atoms with van der Waals surface area (Å²) in [4.78, 5) is 2.20. The maximum absolute atomic E-state index is 12.1. The molecule has 1 fully saturated rings. The molecule has 7 heteroatoms. The summed E-state index contributed by atoms with van der Waals surface area (Å²) in [5.74, 6) is 0.187. The summed E-state index contributed by atoms with van der Waals surface area (Å²) in [5, 5.41) is 9.30. The van der Waals surface area contributed by atoms with Crippen LogP contribution < -0.4 is 15.4 Å². The Bertz CT molecular complexity index is 574. The van der Waals surface area contributed by atoms with Crippen molar-refractivity contribution in [1.29, 1.82) is 0 Å². The minimum atomic E-state index is -3.56. The standard InChI is InChI=1S/C13H21N3O3S/c1-15-20(18,19)13-7-11(14)4-5-12(13)16-6-2-3-10(8-16)9-17/h4-5,7,10,15,17H,2-3,6,8-9,14H2,1H3. The summed E-state index contributed by atoms with van der Waals surface area (Å²) in [6.45, 7) is 1.57. The molecule has 1 aliphatic rings. The summed E-state index contributed by atoms with van der Waals surface area (Å²) < 4.78 is 26.6. The van der Waals surface area contributed by atoms with Gasteiger partial charge in [0, 0.05) is 25.4 Å². The Morgan fingerprint density at radius 3 is 2.90 bits per heavy atom. The molecule has 1 aliphatic heterocycles. The van der Waals surface area contributed by atoms with Crippen LogP contribution >= 0.6 is 0 Å². The molecule has 1 atom stereocenters. The highest BCUT2D eigenvalue weighted by molar-refractivity contribution is 7.89. The Morgan fingerprint density at radius 2 is 2.25 bits per heavy atom. The molecule has 112 valence electrons. The predicted molar refractivity (Wildman–Crippen MR) is 79.1 cm³/mol. The molecule has 4 N–H and O–H groups in total. The van der Waals surface area contributed by atoms with Gasteiger partial charge in [-0.2, -0.15) is 0 Å². The van der Waals surface area contributed by atoms with E-state index >= 15 is 0 Å². The number of nitrogen functional groups attached to an aromatic ring is 1. The van der Waals surface area contributed by atoms with Crippen molar-refractivity contribution in [3.63, 3.8) is 0 Å². The third-order valence-electron chi connectivity index (χ3n) is 3.66. The van der Waals surface area contributed by atoms with E-state index in [0.29, 0.717) is 17.9 Å². The molecule has 1 aromatic rings. The normalized spacial score (nSPS) is 20.1. The number of piperidine rings is 1. The van der Waals surface area contributed by atoms with E-state index in [1.54, 1.807) is 12.1 Å². The van der Waals surface area contributed by atoms with Crippen LogP contribution in [0.2, 0.25) is 0 Å². The minimum Gasteiger partial charge on any atom is -0.399 e. The van der Waals surface area contributed by atoms with E-state index < -0.39 is 10.0 Å². The second-order valence-electron chi connectivity index (χ2n) is 5.07. The smallest absolute Gasteiger partial charge is 0.242 e. The second-order valence-corrected chi connectivity index (χ2v) is 6.93. The molecule has 1 aromatic carbocycles. The molecule has 20 heavy (non-hydrogen) atoms. The van der Waals surface area contributed by atoms with E-state index in [1.807, 2.05) is 4.90 Å². The number of hydrogen-bond donors (Lipinski definition) is 3. The number of nitrogens with one attached hydrogen (secondary N) is 1. The molecule has 1 unspecified atom stereocenters. The maximum Gasteiger partial charge on any atom is 0.242 e. The Hall–Kier alpha value is -1.31. The molecule has 0 aromatic heterocycles. The van der Waals surface area contributed by atoms with Crippen molar-refractivity contribution in [3.05, 3.63) is 18.2 Å². The van der Waals surface area contributed by atoms with Gasteiger partial charge in [-0.25, -0.2) is 13.1 Å². The van der Waals surface area contributed by atoms with Gasteiger partial charge in [0.1, 0.15) is 4.90 Å². The lowest BCUT2D eigenvalue weighted by Crippen LogP contribution is -2.38. The molecule has 6 nitrogen and oxygen atoms in total. The van der Waals surface area contributed by atoms with Crippen molar-refractivity contribution < 1.29 is 13.5 Å². The number of aliphatic hydroxyl groups excluding tert-OH is 1. The molecule has 1 heterocycles. The molecule has 0 radical (unpaired) electrons. The Morgan fingerprint density at radius 1 is 1.50 bits per heavy atom. The van der Waals surface area contributed by atoms with Crippen molar-refractivity contribution in [2.75, 3.05) is 37.4 Å². The third kappa shape index (κ3) is 3.05. The van der Waals surface area contributed by atoms with Gasteiger partial charge in [0.15, 0.2) is 0 Å². The monoisotopic (exact) mass is 299 g/mol. The van der Waals surface area contributed by atoms with Gasteiger partial charge in [-0.3, -0.25) is 0 Å². The molecular formula is C13H21N3O3S. The average molecular weight is 299 g/mol. The van der Waals surface area contributed by atoms with Gasteiger partial charge in [0.25, 0.3) is 0 Å². The highest BCUT2D eigenvalue weighted by atomic mass is 32.2. The van der Waals surface area contributed by atoms with Crippen molar-refractivity contribution in [2.45, 2.75) is 17.7 Å². The number of hydrogen-bond acceptors (Lipinski definition) is 5. The summed E-state index contributed by atoms with van der Waals surface area (Å²) in [5.41, 5.74) is 6.77. The van der Waals surface area contributed by atoms with Crippen LogP contribution in [0, 0.1) is 5.92 Å². The quantitative estimate of drug-likeness (QED) is 0.699. The summed E-state index contributed by atoms with van der Waals surface area (Å²) >= 11 is 0. The molecule has 2 rings (SSSR count). The van der Waals surface area contributed by atoms with Gasteiger partial charge < -0.3 is 15.7 Å². The number of benzene rings is 1. The summed E-state index contributed by atoms with van der Waals surface area (Å²) in [6, 6.07) is 4.91. The number of aliphatic hydroxyl groups is 1. The first kappa shape index (κ1) is 15.1. The van der Waals surface area contributed by atoms with Crippen molar-refractivity contribution in [2.24, 2.45) is 5.92 Å². The fourth-order valence-electron chi connectivity index (χ4n) is 2.55. The number of sulfonamides is 1. The lowest BCUT2D eigenvalue weighted by Gasteiger charge is -2.34. The first-order valence-corrected chi connectivity index (χ1v) is 8.15. The van der Waals surface area contributed by atoms with Crippen LogP contribution in [-0.2, 0) is 10.0 Å². The molecule has 1 saturated heterocycles. The molecule has 0 aliphatic carbocycles. The van der Waals surface area contributed by atoms with Crippen molar-refractivity contribution in [1.82, 2.24) is 4.72 Å². The fraction of sp³-hybridized carbons (Fsp3) is 0.538. The van der Waals surface area contributed by atoms with Gasteiger partial charge in [-0.05, 0) is 44.0 Å².